The lowest BCUT2D eigenvalue weighted by Crippen LogP contribution is -1.85. The molecule has 0 amide bonds. The first-order valence-corrected chi connectivity index (χ1v) is 6.63. The van der Waals surface area contributed by atoms with E-state index in [0.29, 0.717) is 21.5 Å². The van der Waals surface area contributed by atoms with Crippen molar-refractivity contribution in [1.29, 1.82) is 10.5 Å². The van der Waals surface area contributed by atoms with E-state index in [4.69, 9.17) is 38.5 Å². The summed E-state index contributed by atoms with van der Waals surface area (Å²) in [6.07, 6.45) is 1.50. The molecule has 0 fully saturated rings. The van der Waals surface area contributed by atoms with Crippen LogP contribution < -0.4 is 4.74 Å². The number of benzene rings is 2. The first kappa shape index (κ1) is 14.9. The third-order valence-electron chi connectivity index (χ3n) is 2.55. The van der Waals surface area contributed by atoms with Gasteiger partial charge >= 0.3 is 0 Å². The Morgan fingerprint density at radius 3 is 2.24 bits per heavy atom. The second-order valence-corrected chi connectivity index (χ2v) is 4.87. The lowest BCUT2D eigenvalue weighted by atomic mass is 10.1. The molecular weight excluding hydrogens is 307 g/mol. The van der Waals surface area contributed by atoms with Gasteiger partial charge in [-0.25, -0.2) is 0 Å². The lowest BCUT2D eigenvalue weighted by Gasteiger charge is -2.08. The normalized spacial score (nSPS) is 9.33. The number of rotatable bonds is 3. The van der Waals surface area contributed by atoms with Gasteiger partial charge in [0.15, 0.2) is 0 Å². The van der Waals surface area contributed by atoms with E-state index in [1.54, 1.807) is 54.6 Å². The van der Waals surface area contributed by atoms with Gasteiger partial charge in [-0.1, -0.05) is 35.3 Å². The van der Waals surface area contributed by atoms with Gasteiger partial charge in [0.05, 0.1) is 5.02 Å². The van der Waals surface area contributed by atoms with E-state index in [1.165, 1.54) is 6.08 Å². The Morgan fingerprint density at radius 2 is 1.67 bits per heavy atom. The highest BCUT2D eigenvalue weighted by Gasteiger charge is 2.04. The van der Waals surface area contributed by atoms with Crippen molar-refractivity contribution >= 4 is 29.3 Å². The fourth-order valence-electron chi connectivity index (χ4n) is 1.57. The maximum Gasteiger partial charge on any atom is 0.146 e. The van der Waals surface area contributed by atoms with Crippen LogP contribution in [-0.2, 0) is 0 Å². The van der Waals surface area contributed by atoms with Crippen LogP contribution in [0.1, 0.15) is 5.56 Å². The first-order valence-electron chi connectivity index (χ1n) is 5.87. The Kier molecular flexibility index (Phi) is 4.85. The lowest BCUT2D eigenvalue weighted by molar-refractivity contribution is 0.483. The van der Waals surface area contributed by atoms with Crippen LogP contribution >= 0.6 is 23.2 Å². The van der Waals surface area contributed by atoms with Crippen LogP contribution in [-0.4, -0.2) is 0 Å². The van der Waals surface area contributed by atoms with Gasteiger partial charge in [0.1, 0.15) is 29.2 Å². The standard InChI is InChI=1S/C16H8Cl2N2O/c17-13-3-6-16(15(18)8-13)21-14-4-1-11(2-5-14)7-12(9-19)10-20/h1-8H. The van der Waals surface area contributed by atoms with Gasteiger partial charge in [0, 0.05) is 5.02 Å². The summed E-state index contributed by atoms with van der Waals surface area (Å²) in [6.45, 7) is 0. The quantitative estimate of drug-likeness (QED) is 0.730. The van der Waals surface area contributed by atoms with E-state index < -0.39 is 0 Å². The third-order valence-corrected chi connectivity index (χ3v) is 3.08. The van der Waals surface area contributed by atoms with Gasteiger partial charge in [-0.3, -0.25) is 0 Å². The zero-order valence-electron chi connectivity index (χ0n) is 10.7. The van der Waals surface area contributed by atoms with Gasteiger partial charge in [-0.05, 0) is 42.0 Å². The average Bonchev–Trinajstić information content (AvgIpc) is 2.49. The summed E-state index contributed by atoms with van der Waals surface area (Å²) in [5.74, 6) is 1.09. The molecule has 0 saturated carbocycles. The Labute approximate surface area is 132 Å². The molecule has 0 aliphatic heterocycles. The van der Waals surface area contributed by atoms with Crippen molar-refractivity contribution in [3.63, 3.8) is 0 Å². The molecule has 0 unspecified atom stereocenters. The Balaban J connectivity index is 2.19. The molecule has 0 atom stereocenters. The molecule has 0 aromatic heterocycles. The van der Waals surface area contributed by atoms with E-state index in [1.807, 2.05) is 0 Å². The number of ether oxygens (including phenoxy) is 1. The van der Waals surface area contributed by atoms with E-state index in [0.717, 1.165) is 5.56 Å². The van der Waals surface area contributed by atoms with Crippen LogP contribution in [0, 0.1) is 22.7 Å². The molecular formula is C16H8Cl2N2O. The number of nitriles is 2. The van der Waals surface area contributed by atoms with Crippen molar-refractivity contribution in [1.82, 2.24) is 0 Å². The smallest absolute Gasteiger partial charge is 0.146 e. The fourth-order valence-corrected chi connectivity index (χ4v) is 2.02. The zero-order chi connectivity index (χ0) is 15.2. The minimum atomic E-state index is 0.0458. The highest BCUT2D eigenvalue weighted by molar-refractivity contribution is 6.35. The number of allylic oxidation sites excluding steroid dienone is 1. The Hall–Kier alpha value is -2.46. The van der Waals surface area contributed by atoms with Crippen LogP contribution in [0.2, 0.25) is 10.0 Å². The molecule has 0 bridgehead atoms. The van der Waals surface area contributed by atoms with Crippen LogP contribution in [0.4, 0.5) is 0 Å². The molecule has 102 valence electrons. The van der Waals surface area contributed by atoms with Crippen LogP contribution in [0.25, 0.3) is 6.08 Å². The molecule has 2 rings (SSSR count). The predicted octanol–water partition coefficient (Wildman–Crippen LogP) is 5.22. The molecule has 0 heterocycles. The minimum Gasteiger partial charge on any atom is -0.456 e. The van der Waals surface area contributed by atoms with Crippen molar-refractivity contribution in [3.8, 4) is 23.6 Å². The van der Waals surface area contributed by atoms with Gasteiger partial charge in [-0.2, -0.15) is 10.5 Å². The largest absolute Gasteiger partial charge is 0.456 e. The molecule has 3 nitrogen and oxygen atoms in total. The topological polar surface area (TPSA) is 56.8 Å². The summed E-state index contributed by atoms with van der Waals surface area (Å²) in [4.78, 5) is 0. The van der Waals surface area contributed by atoms with E-state index in [-0.39, 0.29) is 5.57 Å². The summed E-state index contributed by atoms with van der Waals surface area (Å²) in [5, 5.41) is 18.4. The van der Waals surface area contributed by atoms with Gasteiger partial charge in [0.2, 0.25) is 0 Å². The van der Waals surface area contributed by atoms with Crippen molar-refractivity contribution in [2.45, 2.75) is 0 Å². The fraction of sp³-hybridized carbons (Fsp3) is 0. The molecule has 0 N–H and O–H groups in total. The molecule has 0 aliphatic carbocycles. The minimum absolute atomic E-state index is 0.0458. The van der Waals surface area contributed by atoms with Crippen LogP contribution in [0.3, 0.4) is 0 Å². The molecule has 2 aromatic rings. The van der Waals surface area contributed by atoms with Crippen LogP contribution in [0.5, 0.6) is 11.5 Å². The van der Waals surface area contributed by atoms with E-state index >= 15 is 0 Å². The van der Waals surface area contributed by atoms with Gasteiger partial charge in [0.25, 0.3) is 0 Å². The number of nitrogens with zero attached hydrogens (tertiary/aromatic N) is 2. The number of halogens is 2. The van der Waals surface area contributed by atoms with E-state index in [2.05, 4.69) is 0 Å². The molecule has 5 heteroatoms. The molecule has 21 heavy (non-hydrogen) atoms. The zero-order valence-corrected chi connectivity index (χ0v) is 12.2. The van der Waals surface area contributed by atoms with Gasteiger partial charge < -0.3 is 4.74 Å². The summed E-state index contributed by atoms with van der Waals surface area (Å²) in [6, 6.07) is 15.5. The molecule has 0 radical (unpaired) electrons. The molecule has 0 aliphatic rings. The highest BCUT2D eigenvalue weighted by atomic mass is 35.5. The molecule has 2 aromatic carbocycles. The van der Waals surface area contributed by atoms with Gasteiger partial charge in [-0.15, -0.1) is 0 Å². The summed E-state index contributed by atoms with van der Waals surface area (Å²) in [7, 11) is 0. The summed E-state index contributed by atoms with van der Waals surface area (Å²) in [5.41, 5.74) is 0.784. The maximum absolute atomic E-state index is 8.70. The van der Waals surface area contributed by atoms with E-state index in [9.17, 15) is 0 Å². The first-order chi connectivity index (χ1) is 10.1. The molecule has 0 saturated heterocycles. The Bertz CT molecular complexity index is 752. The Morgan fingerprint density at radius 1 is 1.00 bits per heavy atom. The number of hydrogen-bond acceptors (Lipinski definition) is 3. The monoisotopic (exact) mass is 314 g/mol. The van der Waals surface area contributed by atoms with Crippen molar-refractivity contribution in [3.05, 3.63) is 63.6 Å². The SMILES string of the molecule is N#CC(C#N)=Cc1ccc(Oc2ccc(Cl)cc2Cl)cc1. The average molecular weight is 315 g/mol. The highest BCUT2D eigenvalue weighted by Crippen LogP contribution is 2.31. The summed E-state index contributed by atoms with van der Waals surface area (Å²) < 4.78 is 5.64. The predicted molar refractivity (Wildman–Crippen MR) is 82.2 cm³/mol. The van der Waals surface area contributed by atoms with Crippen molar-refractivity contribution in [2.24, 2.45) is 0 Å². The third kappa shape index (κ3) is 4.00. The van der Waals surface area contributed by atoms with Crippen LogP contribution in [0.15, 0.2) is 48.0 Å². The van der Waals surface area contributed by atoms with Crippen molar-refractivity contribution in [2.75, 3.05) is 0 Å². The van der Waals surface area contributed by atoms with Crippen molar-refractivity contribution < 1.29 is 4.74 Å². The second kappa shape index (κ2) is 6.81. The molecule has 0 spiro atoms. The second-order valence-electron chi connectivity index (χ2n) is 4.03. The number of hydrogen-bond donors (Lipinski definition) is 0. The maximum atomic E-state index is 8.70. The summed E-state index contributed by atoms with van der Waals surface area (Å²) >= 11 is 11.8.